The van der Waals surface area contributed by atoms with Gasteiger partial charge in [-0.1, -0.05) is 54.4 Å². The van der Waals surface area contributed by atoms with Gasteiger partial charge in [0.05, 0.1) is 0 Å². The van der Waals surface area contributed by atoms with E-state index in [1.807, 2.05) is 0 Å². The standard InChI is InChI=1S/C17H35NO/c1-16(2,3)12-8-7-9-14-18-15(19)11-10-13-17(4,5)6/h7-14H2,1-6H3,(H,18,19). The SMILES string of the molecule is CC(C)(C)CCCCCNC(=O)CCCC(C)(C)C. The Hall–Kier alpha value is -0.530. The summed E-state index contributed by atoms with van der Waals surface area (Å²) in [6, 6.07) is 0. The number of amides is 1. The summed E-state index contributed by atoms with van der Waals surface area (Å²) in [7, 11) is 0. The highest BCUT2D eigenvalue weighted by atomic mass is 16.1. The molecule has 0 aromatic rings. The summed E-state index contributed by atoms with van der Waals surface area (Å²) in [5, 5.41) is 3.03. The van der Waals surface area contributed by atoms with Gasteiger partial charge in [0.2, 0.25) is 5.91 Å². The number of unbranched alkanes of at least 4 members (excludes halogenated alkanes) is 2. The molecular formula is C17H35NO. The Bertz CT molecular complexity index is 245. The van der Waals surface area contributed by atoms with Crippen LogP contribution in [0.4, 0.5) is 0 Å². The number of carbonyl (C=O) groups excluding carboxylic acids is 1. The van der Waals surface area contributed by atoms with E-state index in [-0.39, 0.29) is 5.91 Å². The molecule has 0 heterocycles. The molecule has 2 heteroatoms. The minimum atomic E-state index is 0.222. The molecule has 0 aliphatic heterocycles. The molecule has 0 aromatic heterocycles. The second kappa shape index (κ2) is 8.60. The summed E-state index contributed by atoms with van der Waals surface area (Å²) in [5.41, 5.74) is 0.781. The second-order valence-corrected chi connectivity index (χ2v) is 8.14. The lowest BCUT2D eigenvalue weighted by molar-refractivity contribution is -0.121. The van der Waals surface area contributed by atoms with Gasteiger partial charge in [-0.25, -0.2) is 0 Å². The minimum absolute atomic E-state index is 0.222. The smallest absolute Gasteiger partial charge is 0.219 e. The Morgan fingerprint density at radius 1 is 0.789 bits per heavy atom. The fourth-order valence-electron chi connectivity index (χ4n) is 2.05. The van der Waals surface area contributed by atoms with Crippen molar-refractivity contribution >= 4 is 5.91 Å². The van der Waals surface area contributed by atoms with Gasteiger partial charge in [-0.3, -0.25) is 4.79 Å². The lowest BCUT2D eigenvalue weighted by Gasteiger charge is -2.18. The van der Waals surface area contributed by atoms with E-state index in [1.54, 1.807) is 0 Å². The van der Waals surface area contributed by atoms with Gasteiger partial charge in [-0.05, 0) is 36.5 Å². The monoisotopic (exact) mass is 269 g/mol. The minimum Gasteiger partial charge on any atom is -0.356 e. The van der Waals surface area contributed by atoms with Gasteiger partial charge in [0.1, 0.15) is 0 Å². The molecule has 0 unspecified atom stereocenters. The Balaban J connectivity index is 3.40. The zero-order valence-corrected chi connectivity index (χ0v) is 14.1. The molecule has 2 nitrogen and oxygen atoms in total. The van der Waals surface area contributed by atoms with E-state index in [0.29, 0.717) is 17.3 Å². The normalized spacial score (nSPS) is 12.5. The topological polar surface area (TPSA) is 29.1 Å². The molecule has 1 N–H and O–H groups in total. The van der Waals surface area contributed by atoms with Crippen LogP contribution in [0.2, 0.25) is 0 Å². The Morgan fingerprint density at radius 3 is 1.84 bits per heavy atom. The summed E-state index contributed by atoms with van der Waals surface area (Å²) in [6.07, 6.45) is 7.67. The van der Waals surface area contributed by atoms with Gasteiger partial charge < -0.3 is 5.32 Å². The van der Waals surface area contributed by atoms with E-state index < -0.39 is 0 Å². The van der Waals surface area contributed by atoms with Crippen molar-refractivity contribution in [3.05, 3.63) is 0 Å². The highest BCUT2D eigenvalue weighted by Crippen LogP contribution is 2.22. The maximum absolute atomic E-state index is 11.6. The van der Waals surface area contributed by atoms with Gasteiger partial charge >= 0.3 is 0 Å². The molecule has 114 valence electrons. The first-order valence-corrected chi connectivity index (χ1v) is 7.87. The molecule has 0 saturated heterocycles. The molecule has 0 atom stereocenters. The average Bonchev–Trinajstić information content (AvgIpc) is 2.19. The number of hydrogen-bond donors (Lipinski definition) is 1. The predicted molar refractivity (Wildman–Crippen MR) is 84.2 cm³/mol. The summed E-state index contributed by atoms with van der Waals surface area (Å²) < 4.78 is 0. The Labute approximate surface area is 120 Å². The van der Waals surface area contributed by atoms with Gasteiger partial charge in [-0.2, -0.15) is 0 Å². The zero-order chi connectivity index (χ0) is 14.9. The number of carbonyl (C=O) groups is 1. The van der Waals surface area contributed by atoms with E-state index >= 15 is 0 Å². The van der Waals surface area contributed by atoms with E-state index in [4.69, 9.17) is 0 Å². The fourth-order valence-corrected chi connectivity index (χ4v) is 2.05. The van der Waals surface area contributed by atoms with Crippen LogP contribution in [0, 0.1) is 10.8 Å². The van der Waals surface area contributed by atoms with Crippen molar-refractivity contribution in [1.82, 2.24) is 5.32 Å². The first kappa shape index (κ1) is 18.5. The van der Waals surface area contributed by atoms with E-state index in [2.05, 4.69) is 46.9 Å². The molecule has 0 fully saturated rings. The fraction of sp³-hybridized carbons (Fsp3) is 0.941. The first-order valence-electron chi connectivity index (χ1n) is 7.87. The summed E-state index contributed by atoms with van der Waals surface area (Å²) >= 11 is 0. The first-order chi connectivity index (χ1) is 8.60. The highest BCUT2D eigenvalue weighted by Gasteiger charge is 2.11. The van der Waals surface area contributed by atoms with E-state index in [9.17, 15) is 4.79 Å². The van der Waals surface area contributed by atoms with Crippen LogP contribution >= 0.6 is 0 Å². The van der Waals surface area contributed by atoms with E-state index in [0.717, 1.165) is 25.8 Å². The van der Waals surface area contributed by atoms with Gasteiger partial charge in [0.15, 0.2) is 0 Å². The quantitative estimate of drug-likeness (QED) is 0.622. The van der Waals surface area contributed by atoms with Crippen LogP contribution < -0.4 is 5.32 Å². The van der Waals surface area contributed by atoms with Crippen molar-refractivity contribution in [2.45, 2.75) is 86.5 Å². The second-order valence-electron chi connectivity index (χ2n) is 8.14. The maximum Gasteiger partial charge on any atom is 0.219 e. The molecule has 0 rings (SSSR count). The van der Waals surface area contributed by atoms with Crippen LogP contribution in [0.5, 0.6) is 0 Å². The molecule has 19 heavy (non-hydrogen) atoms. The molecule has 0 aliphatic rings. The molecule has 0 aromatic carbocycles. The number of rotatable bonds is 8. The van der Waals surface area contributed by atoms with Crippen LogP contribution in [0.3, 0.4) is 0 Å². The summed E-state index contributed by atoms with van der Waals surface area (Å²) in [6.45, 7) is 14.4. The molecule has 0 saturated carbocycles. The lowest BCUT2D eigenvalue weighted by atomic mass is 9.89. The summed E-state index contributed by atoms with van der Waals surface area (Å²) in [4.78, 5) is 11.6. The van der Waals surface area contributed by atoms with Crippen molar-refractivity contribution < 1.29 is 4.79 Å². The van der Waals surface area contributed by atoms with Gasteiger partial charge in [-0.15, -0.1) is 0 Å². The summed E-state index contributed by atoms with van der Waals surface area (Å²) in [5.74, 6) is 0.222. The van der Waals surface area contributed by atoms with Gasteiger partial charge in [0.25, 0.3) is 0 Å². The van der Waals surface area contributed by atoms with Gasteiger partial charge in [0, 0.05) is 13.0 Å². The van der Waals surface area contributed by atoms with Crippen molar-refractivity contribution in [3.63, 3.8) is 0 Å². The van der Waals surface area contributed by atoms with Crippen LogP contribution in [-0.4, -0.2) is 12.5 Å². The average molecular weight is 269 g/mol. The van der Waals surface area contributed by atoms with Crippen LogP contribution in [0.15, 0.2) is 0 Å². The molecule has 0 aliphatic carbocycles. The lowest BCUT2D eigenvalue weighted by Crippen LogP contribution is -2.24. The van der Waals surface area contributed by atoms with E-state index in [1.165, 1.54) is 19.3 Å². The van der Waals surface area contributed by atoms with Crippen LogP contribution in [-0.2, 0) is 4.79 Å². The van der Waals surface area contributed by atoms with Crippen LogP contribution in [0.25, 0.3) is 0 Å². The molecule has 0 spiro atoms. The third-order valence-electron chi connectivity index (χ3n) is 3.26. The highest BCUT2D eigenvalue weighted by molar-refractivity contribution is 5.75. The van der Waals surface area contributed by atoms with Crippen molar-refractivity contribution in [2.75, 3.05) is 6.54 Å². The third-order valence-corrected chi connectivity index (χ3v) is 3.26. The van der Waals surface area contributed by atoms with Crippen LogP contribution in [0.1, 0.15) is 86.5 Å². The van der Waals surface area contributed by atoms with Crippen molar-refractivity contribution in [1.29, 1.82) is 0 Å². The maximum atomic E-state index is 11.6. The number of nitrogens with one attached hydrogen (secondary N) is 1. The Morgan fingerprint density at radius 2 is 1.32 bits per heavy atom. The predicted octanol–water partition coefficient (Wildman–Crippen LogP) is 4.93. The number of hydrogen-bond acceptors (Lipinski definition) is 1. The zero-order valence-electron chi connectivity index (χ0n) is 14.1. The molecular weight excluding hydrogens is 234 g/mol. The molecule has 1 amide bonds. The van der Waals surface area contributed by atoms with Crippen molar-refractivity contribution in [2.24, 2.45) is 10.8 Å². The largest absolute Gasteiger partial charge is 0.356 e. The molecule has 0 bridgehead atoms. The third kappa shape index (κ3) is 15.4. The van der Waals surface area contributed by atoms with Crippen molar-refractivity contribution in [3.8, 4) is 0 Å². The molecule has 0 radical (unpaired) electrons. The Kier molecular flexibility index (Phi) is 8.36.